The lowest BCUT2D eigenvalue weighted by Gasteiger charge is -2.28. The quantitative estimate of drug-likeness (QED) is 0.152. The van der Waals surface area contributed by atoms with Gasteiger partial charge in [0.1, 0.15) is 0 Å². The van der Waals surface area contributed by atoms with E-state index >= 15 is 0 Å². The molecule has 11 aromatic carbocycles. The number of hydrogen-bond donors (Lipinski definition) is 0. The lowest BCUT2D eigenvalue weighted by molar-refractivity contribution is 0.660. The fraction of sp³-hybridized carbons (Fsp3) is 0.0476. The summed E-state index contributed by atoms with van der Waals surface area (Å²) in [6.45, 7) is 4.72. The predicted molar refractivity (Wildman–Crippen MR) is 276 cm³/mol. The van der Waals surface area contributed by atoms with E-state index in [2.05, 4.69) is 254 Å². The second kappa shape index (κ2) is 14.4. The Labute approximate surface area is 378 Å². The Morgan fingerprint density at radius 2 is 0.800 bits per heavy atom. The summed E-state index contributed by atoms with van der Waals surface area (Å²) in [6, 6.07) is 85.2. The minimum absolute atomic E-state index is 0.127. The van der Waals surface area contributed by atoms with Gasteiger partial charge in [0.25, 0.3) is 0 Å². The number of nitrogens with zero attached hydrogens (tertiary/aromatic N) is 2. The molecule has 0 radical (unpaired) electrons. The van der Waals surface area contributed by atoms with Gasteiger partial charge in [-0.2, -0.15) is 0 Å². The Morgan fingerprint density at radius 1 is 0.338 bits per heavy atom. The zero-order valence-electron chi connectivity index (χ0n) is 36.3. The molecule has 13 rings (SSSR count). The van der Waals surface area contributed by atoms with Crippen LogP contribution in [0.1, 0.15) is 25.0 Å². The monoisotopic (exact) mass is 828 g/mol. The van der Waals surface area contributed by atoms with Crippen molar-refractivity contribution in [2.45, 2.75) is 19.3 Å². The minimum atomic E-state index is -0.127. The molecule has 0 unspecified atom stereocenters. The van der Waals surface area contributed by atoms with Gasteiger partial charge < -0.3 is 9.47 Å². The van der Waals surface area contributed by atoms with Crippen molar-refractivity contribution in [2.24, 2.45) is 0 Å². The summed E-state index contributed by atoms with van der Waals surface area (Å²) in [5.74, 6) is 0. The third kappa shape index (κ3) is 5.67. The molecule has 0 spiro atoms. The minimum Gasteiger partial charge on any atom is -0.310 e. The van der Waals surface area contributed by atoms with Crippen molar-refractivity contribution >= 4 is 71.2 Å². The first-order chi connectivity index (χ1) is 32.0. The molecule has 2 heteroatoms. The van der Waals surface area contributed by atoms with Gasteiger partial charge in [-0.3, -0.25) is 0 Å². The summed E-state index contributed by atoms with van der Waals surface area (Å²) in [5, 5.41) is 10.1. The Bertz CT molecular complexity index is 3730. The fourth-order valence-electron chi connectivity index (χ4n) is 11.2. The number of benzene rings is 11. The highest BCUT2D eigenvalue weighted by atomic mass is 15.1. The Balaban J connectivity index is 0.975. The van der Waals surface area contributed by atoms with Crippen LogP contribution in [-0.2, 0) is 5.41 Å². The third-order valence-electron chi connectivity index (χ3n) is 14.2. The number of aromatic nitrogens is 1. The summed E-state index contributed by atoms with van der Waals surface area (Å²) in [6.07, 6.45) is 0. The van der Waals surface area contributed by atoms with Crippen LogP contribution in [0.15, 0.2) is 231 Å². The van der Waals surface area contributed by atoms with E-state index in [-0.39, 0.29) is 5.41 Å². The van der Waals surface area contributed by atoms with Gasteiger partial charge in [-0.25, -0.2) is 0 Å². The molecule has 1 aliphatic rings. The molecule has 1 aromatic heterocycles. The van der Waals surface area contributed by atoms with Crippen LogP contribution in [0.5, 0.6) is 0 Å². The van der Waals surface area contributed by atoms with E-state index < -0.39 is 0 Å². The molecule has 1 aliphatic carbocycles. The van der Waals surface area contributed by atoms with Gasteiger partial charge in [-0.15, -0.1) is 0 Å². The van der Waals surface area contributed by atoms with E-state index in [1.54, 1.807) is 0 Å². The highest BCUT2D eigenvalue weighted by Crippen LogP contribution is 2.51. The van der Waals surface area contributed by atoms with Crippen LogP contribution >= 0.6 is 0 Å². The molecule has 0 amide bonds. The van der Waals surface area contributed by atoms with Gasteiger partial charge in [-0.1, -0.05) is 184 Å². The number of rotatable bonds is 6. The first-order valence-electron chi connectivity index (χ1n) is 22.7. The van der Waals surface area contributed by atoms with E-state index in [0.29, 0.717) is 0 Å². The maximum Gasteiger partial charge on any atom is 0.0541 e. The van der Waals surface area contributed by atoms with Gasteiger partial charge >= 0.3 is 0 Å². The molecule has 0 atom stereocenters. The molecule has 12 aromatic rings. The average Bonchev–Trinajstić information content (AvgIpc) is 3.82. The van der Waals surface area contributed by atoms with Crippen molar-refractivity contribution in [1.29, 1.82) is 0 Å². The second-order valence-electron chi connectivity index (χ2n) is 18.0. The van der Waals surface area contributed by atoms with Crippen LogP contribution in [0, 0.1) is 0 Å². The van der Waals surface area contributed by atoms with Gasteiger partial charge in [0.05, 0.1) is 11.0 Å². The largest absolute Gasteiger partial charge is 0.310 e. The first kappa shape index (κ1) is 37.4. The third-order valence-corrected chi connectivity index (χ3v) is 14.2. The van der Waals surface area contributed by atoms with Gasteiger partial charge in [-0.05, 0) is 137 Å². The molecule has 306 valence electrons. The van der Waals surface area contributed by atoms with E-state index in [1.165, 1.54) is 98.6 Å². The highest BCUT2D eigenvalue weighted by molar-refractivity contribution is 6.23. The van der Waals surface area contributed by atoms with Crippen LogP contribution in [-0.4, -0.2) is 4.57 Å². The maximum atomic E-state index is 2.43. The number of anilines is 3. The van der Waals surface area contributed by atoms with E-state index in [0.717, 1.165) is 22.7 Å². The molecule has 0 aliphatic heterocycles. The number of fused-ring (bicyclic) bond motifs is 9. The predicted octanol–water partition coefficient (Wildman–Crippen LogP) is 17.4. The van der Waals surface area contributed by atoms with Crippen LogP contribution in [0.4, 0.5) is 17.1 Å². The van der Waals surface area contributed by atoms with Gasteiger partial charge in [0.2, 0.25) is 0 Å². The van der Waals surface area contributed by atoms with Crippen molar-refractivity contribution in [2.75, 3.05) is 4.90 Å². The van der Waals surface area contributed by atoms with Gasteiger partial charge in [0, 0.05) is 38.9 Å². The summed E-state index contributed by atoms with van der Waals surface area (Å²) in [7, 11) is 0. The normalized spacial score (nSPS) is 12.9. The molecule has 65 heavy (non-hydrogen) atoms. The van der Waals surface area contributed by atoms with E-state index in [9.17, 15) is 0 Å². The van der Waals surface area contributed by atoms with Crippen LogP contribution in [0.3, 0.4) is 0 Å². The Morgan fingerprint density at radius 3 is 1.45 bits per heavy atom. The van der Waals surface area contributed by atoms with Gasteiger partial charge in [0.15, 0.2) is 0 Å². The van der Waals surface area contributed by atoms with E-state index in [1.807, 2.05) is 0 Å². The molecule has 0 saturated carbocycles. The average molecular weight is 829 g/mol. The molecule has 0 N–H and O–H groups in total. The van der Waals surface area contributed by atoms with Crippen molar-refractivity contribution in [3.63, 3.8) is 0 Å². The summed E-state index contributed by atoms with van der Waals surface area (Å²) in [5.41, 5.74) is 17.1. The van der Waals surface area contributed by atoms with Crippen LogP contribution in [0.25, 0.3) is 93.2 Å². The molecule has 2 nitrogen and oxygen atoms in total. The van der Waals surface area contributed by atoms with Crippen molar-refractivity contribution < 1.29 is 0 Å². The maximum absolute atomic E-state index is 2.43. The Kier molecular flexibility index (Phi) is 8.29. The molecule has 1 heterocycles. The number of para-hydroxylation sites is 2. The molecule has 0 saturated heterocycles. The van der Waals surface area contributed by atoms with Crippen LogP contribution < -0.4 is 4.90 Å². The van der Waals surface area contributed by atoms with Crippen molar-refractivity contribution in [1.82, 2.24) is 4.57 Å². The Hall–Kier alpha value is -8.20. The summed E-state index contributed by atoms with van der Waals surface area (Å²) >= 11 is 0. The summed E-state index contributed by atoms with van der Waals surface area (Å²) in [4.78, 5) is 2.43. The van der Waals surface area contributed by atoms with Crippen molar-refractivity contribution in [3.8, 4) is 39.1 Å². The lowest BCUT2D eigenvalue weighted by Crippen LogP contribution is -2.16. The molecular formula is C63H44N2. The SMILES string of the molecule is CC1(C)c2ccccc2-c2ccc(N(c3ccc(-c4c5ccccc5c(-c5cccc6ccccc56)c5ccccc45)cc3)c3ccc(-n4c5ccccc5c5ccccc54)cc3)cc21. The smallest absolute Gasteiger partial charge is 0.0541 e. The molecule has 0 fully saturated rings. The molecule has 0 bridgehead atoms. The zero-order valence-corrected chi connectivity index (χ0v) is 36.3. The van der Waals surface area contributed by atoms with Crippen molar-refractivity contribution in [3.05, 3.63) is 242 Å². The van der Waals surface area contributed by atoms with Crippen LogP contribution in [0.2, 0.25) is 0 Å². The number of hydrogen-bond acceptors (Lipinski definition) is 1. The fourth-order valence-corrected chi connectivity index (χ4v) is 11.2. The standard InChI is InChI=1S/C63H44N2/c1-63(2)57-27-12-9-19-48(57)49-39-38-46(40-58(49)63)64(44-34-36-45(37-35-44)65-59-28-13-10-20-50(59)51-21-11-14-29-60(51)65)43-32-30-42(31-33-43)61-53-22-5-7-24-55(53)62(56-25-8-6-23-54(56)61)52-26-15-17-41-16-3-4-18-47(41)52/h3-40H,1-2H3. The zero-order chi connectivity index (χ0) is 43.2. The first-order valence-corrected chi connectivity index (χ1v) is 22.7. The van der Waals surface area contributed by atoms with E-state index in [4.69, 9.17) is 0 Å². The second-order valence-corrected chi connectivity index (χ2v) is 18.0. The summed E-state index contributed by atoms with van der Waals surface area (Å²) < 4.78 is 2.39. The lowest BCUT2D eigenvalue weighted by atomic mass is 9.82. The molecular weight excluding hydrogens is 785 g/mol. The highest BCUT2D eigenvalue weighted by Gasteiger charge is 2.36. The topological polar surface area (TPSA) is 8.17 Å².